The van der Waals surface area contributed by atoms with Crippen LogP contribution >= 0.6 is 0 Å². The molecule has 84 valence electrons. The van der Waals surface area contributed by atoms with Gasteiger partial charge >= 0.3 is 0 Å². The minimum atomic E-state index is -3.37. The molecule has 1 saturated carbocycles. The molecule has 1 N–H and O–H groups in total. The molecule has 4 nitrogen and oxygen atoms in total. The summed E-state index contributed by atoms with van der Waals surface area (Å²) in [6, 6.07) is 7.26. The van der Waals surface area contributed by atoms with E-state index in [0.29, 0.717) is 22.3 Å². The maximum Gasteiger partial charge on any atom is 0.263 e. The molecular weight excluding hydrogens is 224 g/mol. The smallest absolute Gasteiger partial charge is 0.263 e. The standard InChI is InChI=1S/C11H12N2O2S/c14-16(15)10-7-2-1-6-9(10)11(13-16)12-8-4-3-5-8/h1-2,6-8H,3-5H2,(H,12,13). The summed E-state index contributed by atoms with van der Waals surface area (Å²) in [6.07, 6.45) is 3.32. The molecule has 0 atom stereocenters. The minimum Gasteiger partial charge on any atom is -0.264 e. The van der Waals surface area contributed by atoms with Crippen LogP contribution in [0, 0.1) is 0 Å². The minimum absolute atomic E-state index is 0.295. The van der Waals surface area contributed by atoms with Crippen LogP contribution in [0.15, 0.2) is 34.2 Å². The number of hydrogen-bond donors (Lipinski definition) is 1. The predicted octanol–water partition coefficient (Wildman–Crippen LogP) is 1.28. The van der Waals surface area contributed by atoms with Crippen LogP contribution in [0.3, 0.4) is 0 Å². The molecule has 0 spiro atoms. The van der Waals surface area contributed by atoms with Gasteiger partial charge in [-0.3, -0.25) is 9.71 Å². The Hall–Kier alpha value is -1.36. The van der Waals surface area contributed by atoms with Gasteiger partial charge in [0.1, 0.15) is 5.84 Å². The number of rotatable bonds is 1. The van der Waals surface area contributed by atoms with Crippen molar-refractivity contribution in [1.29, 1.82) is 0 Å². The molecule has 2 aliphatic rings. The van der Waals surface area contributed by atoms with E-state index in [2.05, 4.69) is 9.71 Å². The van der Waals surface area contributed by atoms with E-state index in [1.165, 1.54) is 6.42 Å². The summed E-state index contributed by atoms with van der Waals surface area (Å²) in [6.45, 7) is 0. The van der Waals surface area contributed by atoms with E-state index in [-0.39, 0.29) is 0 Å². The fourth-order valence-electron chi connectivity index (χ4n) is 1.93. The van der Waals surface area contributed by atoms with Gasteiger partial charge in [-0.15, -0.1) is 0 Å². The van der Waals surface area contributed by atoms with Gasteiger partial charge in [0.05, 0.1) is 10.9 Å². The Bertz CT molecular complexity index is 559. The Morgan fingerprint density at radius 2 is 2.00 bits per heavy atom. The lowest BCUT2D eigenvalue weighted by Gasteiger charge is -2.21. The molecule has 5 heteroatoms. The number of nitrogens with one attached hydrogen (secondary N) is 1. The van der Waals surface area contributed by atoms with Gasteiger partial charge < -0.3 is 0 Å². The second kappa shape index (κ2) is 3.31. The molecule has 1 aliphatic heterocycles. The molecule has 0 aromatic heterocycles. The Kier molecular flexibility index (Phi) is 2.04. The number of amidine groups is 1. The fourth-order valence-corrected chi connectivity index (χ4v) is 3.17. The topological polar surface area (TPSA) is 58.5 Å². The third-order valence-corrected chi connectivity index (χ3v) is 4.45. The van der Waals surface area contributed by atoms with E-state index in [1.807, 2.05) is 6.07 Å². The van der Waals surface area contributed by atoms with Crippen molar-refractivity contribution in [3.05, 3.63) is 29.8 Å². The first-order valence-electron chi connectivity index (χ1n) is 5.37. The first-order chi connectivity index (χ1) is 7.67. The second-order valence-corrected chi connectivity index (χ2v) is 5.81. The maximum absolute atomic E-state index is 11.8. The zero-order valence-electron chi connectivity index (χ0n) is 8.68. The lowest BCUT2D eigenvalue weighted by Crippen LogP contribution is -2.26. The third kappa shape index (κ3) is 1.43. The lowest BCUT2D eigenvalue weighted by molar-refractivity contribution is 0.420. The number of fused-ring (bicyclic) bond motifs is 1. The van der Waals surface area contributed by atoms with E-state index in [4.69, 9.17) is 0 Å². The summed E-state index contributed by atoms with van der Waals surface area (Å²) in [4.78, 5) is 4.79. The summed E-state index contributed by atoms with van der Waals surface area (Å²) >= 11 is 0. The molecule has 1 aromatic rings. The van der Waals surface area contributed by atoms with Crippen molar-refractivity contribution < 1.29 is 8.42 Å². The van der Waals surface area contributed by atoms with Crippen molar-refractivity contribution >= 4 is 15.9 Å². The number of sulfonamides is 1. The first kappa shape index (κ1) is 9.84. The van der Waals surface area contributed by atoms with Gasteiger partial charge in [-0.25, -0.2) is 8.42 Å². The molecule has 0 bridgehead atoms. The molecule has 0 amide bonds. The van der Waals surface area contributed by atoms with E-state index in [1.54, 1.807) is 18.2 Å². The number of aliphatic imine (C=N–C) groups is 1. The lowest BCUT2D eigenvalue weighted by atomic mass is 9.94. The zero-order chi connectivity index (χ0) is 11.2. The van der Waals surface area contributed by atoms with Gasteiger partial charge in [-0.1, -0.05) is 12.1 Å². The van der Waals surface area contributed by atoms with Gasteiger partial charge in [0.25, 0.3) is 10.0 Å². The average molecular weight is 236 g/mol. The Labute approximate surface area is 94.5 Å². The monoisotopic (exact) mass is 236 g/mol. The molecule has 0 saturated heterocycles. The molecule has 16 heavy (non-hydrogen) atoms. The largest absolute Gasteiger partial charge is 0.264 e. The van der Waals surface area contributed by atoms with Crippen LogP contribution in [0.25, 0.3) is 0 Å². The van der Waals surface area contributed by atoms with E-state index in [0.717, 1.165) is 12.8 Å². The van der Waals surface area contributed by atoms with Gasteiger partial charge in [0.15, 0.2) is 0 Å². The maximum atomic E-state index is 11.8. The van der Waals surface area contributed by atoms with Gasteiger partial charge in [0, 0.05) is 5.56 Å². The van der Waals surface area contributed by atoms with Crippen LogP contribution in [0.2, 0.25) is 0 Å². The van der Waals surface area contributed by atoms with Crippen molar-refractivity contribution in [2.45, 2.75) is 30.2 Å². The van der Waals surface area contributed by atoms with Gasteiger partial charge in [-0.2, -0.15) is 0 Å². The second-order valence-electron chi connectivity index (χ2n) is 4.16. The number of nitrogens with zero attached hydrogens (tertiary/aromatic N) is 1. The zero-order valence-corrected chi connectivity index (χ0v) is 9.50. The fraction of sp³-hybridized carbons (Fsp3) is 0.364. The highest BCUT2D eigenvalue weighted by Crippen LogP contribution is 2.26. The van der Waals surface area contributed by atoms with Crippen LogP contribution in [-0.2, 0) is 10.0 Å². The summed E-state index contributed by atoms with van der Waals surface area (Å²) < 4.78 is 26.0. The van der Waals surface area contributed by atoms with Crippen molar-refractivity contribution in [3.8, 4) is 0 Å². The average Bonchev–Trinajstić information content (AvgIpc) is 2.46. The summed E-state index contributed by atoms with van der Waals surface area (Å²) in [5.74, 6) is 0.514. The molecule has 3 rings (SSSR count). The van der Waals surface area contributed by atoms with E-state index in [9.17, 15) is 8.42 Å². The van der Waals surface area contributed by atoms with Crippen LogP contribution in [0.4, 0.5) is 0 Å². The molecule has 1 heterocycles. The van der Waals surface area contributed by atoms with Gasteiger partial charge in [-0.05, 0) is 31.4 Å². The van der Waals surface area contributed by atoms with Crippen LogP contribution < -0.4 is 4.72 Å². The molecule has 0 unspecified atom stereocenters. The van der Waals surface area contributed by atoms with Crippen LogP contribution in [0.5, 0.6) is 0 Å². The summed E-state index contributed by atoms with van der Waals surface area (Å²) in [7, 11) is -3.37. The molecular formula is C11H12N2O2S. The highest BCUT2D eigenvalue weighted by molar-refractivity contribution is 7.90. The van der Waals surface area contributed by atoms with Crippen LogP contribution in [-0.4, -0.2) is 20.3 Å². The third-order valence-electron chi connectivity index (χ3n) is 3.05. The summed E-state index contributed by atoms with van der Waals surface area (Å²) in [5, 5.41) is 0. The highest BCUT2D eigenvalue weighted by atomic mass is 32.2. The van der Waals surface area contributed by atoms with E-state index < -0.39 is 10.0 Å². The van der Waals surface area contributed by atoms with Crippen molar-refractivity contribution in [2.24, 2.45) is 4.99 Å². The highest BCUT2D eigenvalue weighted by Gasteiger charge is 2.31. The molecule has 1 aromatic carbocycles. The van der Waals surface area contributed by atoms with Gasteiger partial charge in [0.2, 0.25) is 0 Å². The Morgan fingerprint density at radius 3 is 2.69 bits per heavy atom. The normalized spacial score (nSPS) is 24.9. The van der Waals surface area contributed by atoms with Crippen molar-refractivity contribution in [1.82, 2.24) is 4.72 Å². The van der Waals surface area contributed by atoms with Crippen molar-refractivity contribution in [2.75, 3.05) is 0 Å². The molecule has 1 aliphatic carbocycles. The molecule has 1 fully saturated rings. The number of benzene rings is 1. The molecule has 0 radical (unpaired) electrons. The Balaban J connectivity index is 2.09. The van der Waals surface area contributed by atoms with Crippen molar-refractivity contribution in [3.63, 3.8) is 0 Å². The summed E-state index contributed by atoms with van der Waals surface area (Å²) in [5.41, 5.74) is 0.703. The SMILES string of the molecule is O=S1(=O)NC(=NC2CCC2)c2ccccc21. The van der Waals surface area contributed by atoms with Crippen LogP contribution in [0.1, 0.15) is 24.8 Å². The first-order valence-corrected chi connectivity index (χ1v) is 6.85. The van der Waals surface area contributed by atoms with E-state index >= 15 is 0 Å². The quantitative estimate of drug-likeness (QED) is 0.798. The predicted molar refractivity (Wildman–Crippen MR) is 60.9 cm³/mol. The Morgan fingerprint density at radius 1 is 1.25 bits per heavy atom. The number of hydrogen-bond acceptors (Lipinski definition) is 3.